The molecule has 18 nitrogen and oxygen atoms in total. The van der Waals surface area contributed by atoms with E-state index in [0.29, 0.717) is 51.6 Å². The topological polar surface area (TPSA) is 239 Å². The maximum Gasteiger partial charge on any atom is 0.246 e. The standard InChI is InChI=1S/C52H74N10O8/c1-33(53-3)47(65)59-41(51(69)61-29-15-25-43(61)49(67)57-39-23-13-19-35-17-7-9-21-37(35)39)31-45(63)55-27-11-5-6-12-28-56-46(64)32-42(60-48(66)34(2)54-4)52(70)62-30-16-26-44(62)50(68)58-40-24-14-20-36-18-8-10-22-38(36)40/h5,7-11,17-18,21-22,33-34,39-44,53-54H,6,12-16,19-20,23-32H2,1-4H3,(H,55,63)(H,56,64)(H,57,67)(H,58,68)(H,59,65)(H,60,66)/b11-5+/t33-,34-,39+,40+,41-,42-,43-,44-/m0/s1. The van der Waals surface area contributed by atoms with Crippen molar-refractivity contribution in [1.82, 2.24) is 52.3 Å². The molecule has 4 aliphatic rings. The number of nitrogens with zero attached hydrogens (tertiary/aromatic N) is 2. The first-order chi connectivity index (χ1) is 33.8. The zero-order valence-corrected chi connectivity index (χ0v) is 41.3. The summed E-state index contributed by atoms with van der Waals surface area (Å²) in [5.41, 5.74) is 4.61. The van der Waals surface area contributed by atoms with Crippen molar-refractivity contribution < 1.29 is 38.4 Å². The van der Waals surface area contributed by atoms with Gasteiger partial charge in [-0.25, -0.2) is 0 Å². The van der Waals surface area contributed by atoms with Crippen LogP contribution in [0.3, 0.4) is 0 Å². The van der Waals surface area contributed by atoms with E-state index >= 15 is 0 Å². The molecule has 2 aromatic carbocycles. The minimum Gasteiger partial charge on any atom is -0.356 e. The molecule has 0 bridgehead atoms. The van der Waals surface area contributed by atoms with E-state index in [0.717, 1.165) is 49.7 Å². The summed E-state index contributed by atoms with van der Waals surface area (Å²) in [5.74, 6) is -3.22. The summed E-state index contributed by atoms with van der Waals surface area (Å²) in [4.78, 5) is 111. The van der Waals surface area contributed by atoms with Crippen LogP contribution in [0.4, 0.5) is 0 Å². The van der Waals surface area contributed by atoms with Crippen LogP contribution in [0.5, 0.6) is 0 Å². The van der Waals surface area contributed by atoms with Crippen LogP contribution in [0.1, 0.15) is 125 Å². The van der Waals surface area contributed by atoms with Crippen LogP contribution < -0.4 is 42.5 Å². The molecular formula is C52H74N10O8. The zero-order valence-electron chi connectivity index (χ0n) is 41.3. The highest BCUT2D eigenvalue weighted by Gasteiger charge is 2.41. The van der Waals surface area contributed by atoms with E-state index in [4.69, 9.17) is 0 Å². The van der Waals surface area contributed by atoms with Gasteiger partial charge in [0.2, 0.25) is 47.3 Å². The SMILES string of the molecule is CN[C@@H](C)C(=O)N[C@@H](CC(=O)NC/C=C/CCCNC(=O)C[C@H](NC(=O)[C@H](C)NC)C(=O)N1CCC[C@H]1C(=O)N[C@@H]1CCCc2ccccc21)C(=O)N1CCC[C@H]1C(=O)N[C@@H]1CCCc2ccccc21. The number of carbonyl (C=O) groups is 8. The second-order valence-electron chi connectivity index (χ2n) is 19.0. The molecule has 0 saturated carbocycles. The fourth-order valence-electron chi connectivity index (χ4n) is 9.94. The van der Waals surface area contributed by atoms with E-state index < -0.39 is 71.7 Å². The van der Waals surface area contributed by atoms with Crippen LogP contribution in [0, 0.1) is 0 Å². The molecular weight excluding hydrogens is 893 g/mol. The Hall–Kier alpha value is -6.14. The lowest BCUT2D eigenvalue weighted by molar-refractivity contribution is -0.143. The van der Waals surface area contributed by atoms with Crippen LogP contribution in [-0.4, -0.2) is 134 Å². The molecule has 2 aliphatic carbocycles. The molecule has 2 heterocycles. The Bertz CT molecular complexity index is 2220. The van der Waals surface area contributed by atoms with Crippen molar-refractivity contribution in [2.24, 2.45) is 0 Å². The molecule has 0 spiro atoms. The number of carbonyl (C=O) groups excluding carboxylic acids is 8. The largest absolute Gasteiger partial charge is 0.356 e. The molecule has 8 amide bonds. The molecule has 18 heteroatoms. The Kier molecular flexibility index (Phi) is 19.9. The van der Waals surface area contributed by atoms with Gasteiger partial charge in [-0.1, -0.05) is 60.7 Å². The van der Waals surface area contributed by atoms with E-state index in [1.807, 2.05) is 42.5 Å². The predicted molar refractivity (Wildman–Crippen MR) is 265 cm³/mol. The number of hydrogen-bond donors (Lipinski definition) is 8. The number of benzene rings is 2. The molecule has 0 radical (unpaired) electrons. The van der Waals surface area contributed by atoms with Gasteiger partial charge in [-0.05, 0) is 127 Å². The molecule has 0 aromatic heterocycles. The number of amides is 8. The van der Waals surface area contributed by atoms with E-state index in [1.54, 1.807) is 34.0 Å². The Morgan fingerprint density at radius 1 is 0.600 bits per heavy atom. The molecule has 2 saturated heterocycles. The van der Waals surface area contributed by atoms with Crippen molar-refractivity contribution in [3.63, 3.8) is 0 Å². The van der Waals surface area contributed by atoms with Crippen LogP contribution >= 0.6 is 0 Å². The number of nitrogens with one attached hydrogen (secondary N) is 8. The summed E-state index contributed by atoms with van der Waals surface area (Å²) in [6, 6.07) is 10.8. The number of unbranched alkanes of at least 4 members (excludes halogenated alkanes) is 1. The normalized spacial score (nSPS) is 21.3. The number of rotatable bonds is 22. The van der Waals surface area contributed by atoms with Gasteiger partial charge in [-0.15, -0.1) is 0 Å². The van der Waals surface area contributed by atoms with Crippen LogP contribution in [0.25, 0.3) is 0 Å². The van der Waals surface area contributed by atoms with E-state index in [-0.39, 0.29) is 49.8 Å². The van der Waals surface area contributed by atoms with Gasteiger partial charge >= 0.3 is 0 Å². The van der Waals surface area contributed by atoms with Gasteiger partial charge in [0.15, 0.2) is 0 Å². The summed E-state index contributed by atoms with van der Waals surface area (Å²) in [6.45, 7) is 4.41. The number of allylic oxidation sites excluding steroid dienone is 1. The zero-order chi connectivity index (χ0) is 50.2. The Labute approximate surface area is 412 Å². The number of fused-ring (bicyclic) bond motifs is 2. The monoisotopic (exact) mass is 967 g/mol. The third-order valence-electron chi connectivity index (χ3n) is 14.2. The third kappa shape index (κ3) is 14.2. The van der Waals surface area contributed by atoms with E-state index in [2.05, 4.69) is 54.7 Å². The smallest absolute Gasteiger partial charge is 0.246 e. The molecule has 380 valence electrons. The second kappa shape index (κ2) is 26.2. The summed E-state index contributed by atoms with van der Waals surface area (Å²) in [7, 11) is 3.24. The van der Waals surface area contributed by atoms with Gasteiger partial charge in [-0.2, -0.15) is 0 Å². The Balaban J connectivity index is 0.956. The highest BCUT2D eigenvalue weighted by Crippen LogP contribution is 2.32. The number of likely N-dealkylation sites (N-methyl/N-ethyl adjacent to an activating group) is 2. The molecule has 2 aliphatic heterocycles. The first-order valence-corrected chi connectivity index (χ1v) is 25.3. The highest BCUT2D eigenvalue weighted by atomic mass is 16.2. The predicted octanol–water partition coefficient (Wildman–Crippen LogP) is 1.89. The summed E-state index contributed by atoms with van der Waals surface area (Å²) in [5, 5.41) is 23.2. The van der Waals surface area contributed by atoms with Crippen molar-refractivity contribution >= 4 is 47.3 Å². The van der Waals surface area contributed by atoms with Crippen LogP contribution in [-0.2, 0) is 51.2 Å². The van der Waals surface area contributed by atoms with Gasteiger partial charge < -0.3 is 52.3 Å². The van der Waals surface area contributed by atoms with E-state index in [1.165, 1.54) is 20.9 Å². The average Bonchev–Trinajstić information content (AvgIpc) is 4.08. The summed E-state index contributed by atoms with van der Waals surface area (Å²) >= 11 is 0. The fourth-order valence-corrected chi connectivity index (χ4v) is 9.94. The first kappa shape index (κ1) is 53.2. The molecule has 8 atom stereocenters. The molecule has 8 N–H and O–H groups in total. The molecule has 0 unspecified atom stereocenters. The van der Waals surface area contributed by atoms with Crippen LogP contribution in [0.2, 0.25) is 0 Å². The fraction of sp³-hybridized carbons (Fsp3) is 0.577. The minimum absolute atomic E-state index is 0.147. The van der Waals surface area contributed by atoms with Gasteiger partial charge in [0.05, 0.1) is 37.0 Å². The second-order valence-corrected chi connectivity index (χ2v) is 19.0. The van der Waals surface area contributed by atoms with Crippen molar-refractivity contribution in [2.45, 2.75) is 152 Å². The quantitative estimate of drug-likeness (QED) is 0.0630. The maximum absolute atomic E-state index is 14.1. The van der Waals surface area contributed by atoms with E-state index in [9.17, 15) is 38.4 Å². The lowest BCUT2D eigenvalue weighted by Crippen LogP contribution is -2.56. The van der Waals surface area contributed by atoms with Gasteiger partial charge in [0.25, 0.3) is 0 Å². The van der Waals surface area contributed by atoms with Gasteiger partial charge in [0.1, 0.15) is 24.2 Å². The Morgan fingerprint density at radius 2 is 1.06 bits per heavy atom. The third-order valence-corrected chi connectivity index (χ3v) is 14.2. The molecule has 2 fully saturated rings. The van der Waals surface area contributed by atoms with Gasteiger partial charge in [0, 0.05) is 26.2 Å². The number of likely N-dealkylation sites (tertiary alicyclic amines) is 2. The maximum atomic E-state index is 14.1. The minimum atomic E-state index is -1.18. The summed E-state index contributed by atoms with van der Waals surface area (Å²) < 4.78 is 0. The molecule has 70 heavy (non-hydrogen) atoms. The average molecular weight is 967 g/mol. The van der Waals surface area contributed by atoms with Gasteiger partial charge in [-0.3, -0.25) is 38.4 Å². The first-order valence-electron chi connectivity index (χ1n) is 25.3. The van der Waals surface area contributed by atoms with Crippen molar-refractivity contribution in [1.29, 1.82) is 0 Å². The Morgan fingerprint density at radius 3 is 1.53 bits per heavy atom. The van der Waals surface area contributed by atoms with Crippen molar-refractivity contribution in [3.8, 4) is 0 Å². The molecule has 2 aromatic rings. The number of hydrogen-bond acceptors (Lipinski definition) is 10. The molecule has 6 rings (SSSR count). The lowest BCUT2D eigenvalue weighted by atomic mass is 9.87. The van der Waals surface area contributed by atoms with Crippen LogP contribution in [0.15, 0.2) is 60.7 Å². The lowest BCUT2D eigenvalue weighted by Gasteiger charge is -2.31. The van der Waals surface area contributed by atoms with Crippen molar-refractivity contribution in [3.05, 3.63) is 82.9 Å². The summed E-state index contributed by atoms with van der Waals surface area (Å²) in [6.07, 6.45) is 11.7. The highest BCUT2D eigenvalue weighted by molar-refractivity contribution is 5.97. The number of aryl methyl sites for hydroxylation is 2. The van der Waals surface area contributed by atoms with Crippen molar-refractivity contribution in [2.75, 3.05) is 40.3 Å².